The molecule has 1 amide bonds. The van der Waals surface area contributed by atoms with Crippen LogP contribution in [-0.2, 0) is 21.5 Å². The molecule has 174 valence electrons. The van der Waals surface area contributed by atoms with Crippen molar-refractivity contribution in [3.8, 4) is 0 Å². The van der Waals surface area contributed by atoms with Crippen molar-refractivity contribution in [2.45, 2.75) is 56.7 Å². The molecule has 0 unspecified atom stereocenters. The van der Waals surface area contributed by atoms with Crippen LogP contribution in [0, 0.1) is 12.8 Å². The number of halogens is 1. The molecular formula is C27H32BrN3O2. The second-order valence-corrected chi connectivity index (χ2v) is 9.26. The molecule has 1 saturated carbocycles. The lowest BCUT2D eigenvalue weighted by Crippen LogP contribution is -3.00. The maximum atomic E-state index is 13.3. The molecule has 2 aliphatic rings. The summed E-state index contributed by atoms with van der Waals surface area (Å²) >= 11 is 0. The maximum Gasteiger partial charge on any atom is 0.253 e. The van der Waals surface area contributed by atoms with Crippen LogP contribution in [0.25, 0.3) is 0 Å². The number of rotatable bonds is 8. The minimum absolute atomic E-state index is 0. The first kappa shape index (κ1) is 23.7. The van der Waals surface area contributed by atoms with Crippen molar-refractivity contribution in [3.63, 3.8) is 0 Å². The van der Waals surface area contributed by atoms with Gasteiger partial charge < -0.3 is 27.5 Å². The Morgan fingerprint density at radius 2 is 1.70 bits per heavy atom. The molecule has 2 fully saturated rings. The van der Waals surface area contributed by atoms with Crippen molar-refractivity contribution < 1.29 is 31.1 Å². The highest BCUT2D eigenvalue weighted by Gasteiger charge is 2.51. The van der Waals surface area contributed by atoms with Gasteiger partial charge in [-0.2, -0.15) is 0 Å². The van der Waals surface area contributed by atoms with Gasteiger partial charge in [-0.15, -0.1) is 0 Å². The van der Waals surface area contributed by atoms with Crippen molar-refractivity contribution in [3.05, 3.63) is 90.0 Å². The molecule has 5 rings (SSSR count). The van der Waals surface area contributed by atoms with E-state index in [9.17, 15) is 4.79 Å². The van der Waals surface area contributed by atoms with Crippen molar-refractivity contribution in [2.24, 2.45) is 11.7 Å². The van der Waals surface area contributed by atoms with Gasteiger partial charge in [-0.05, 0) is 36.3 Å². The van der Waals surface area contributed by atoms with Crippen LogP contribution in [0.15, 0.2) is 73.1 Å². The molecule has 1 saturated heterocycles. The van der Waals surface area contributed by atoms with Gasteiger partial charge in [0.05, 0.1) is 19.3 Å². The van der Waals surface area contributed by atoms with Crippen molar-refractivity contribution >= 4 is 5.91 Å². The Bertz CT molecular complexity index is 1040. The first-order valence-electron chi connectivity index (χ1n) is 11.7. The molecule has 0 spiro atoms. The summed E-state index contributed by atoms with van der Waals surface area (Å²) in [4.78, 5) is 13.3. The lowest BCUT2D eigenvalue weighted by Gasteiger charge is -2.37. The lowest BCUT2D eigenvalue weighted by molar-refractivity contribution is -0.703. The molecule has 5 nitrogen and oxygen atoms in total. The third kappa shape index (κ3) is 4.38. The number of hydrogen-bond donors (Lipinski definition) is 1. The zero-order valence-corrected chi connectivity index (χ0v) is 20.7. The Labute approximate surface area is 206 Å². The molecule has 2 N–H and O–H groups in total. The second kappa shape index (κ2) is 9.82. The van der Waals surface area contributed by atoms with Crippen molar-refractivity contribution in [1.82, 2.24) is 4.57 Å². The number of amides is 1. The van der Waals surface area contributed by atoms with Gasteiger partial charge in [0.25, 0.3) is 5.82 Å². The number of nitrogens with two attached hydrogens (primary N) is 1. The van der Waals surface area contributed by atoms with Crippen LogP contribution in [0.1, 0.15) is 48.7 Å². The van der Waals surface area contributed by atoms with E-state index in [1.807, 2.05) is 36.4 Å². The summed E-state index contributed by atoms with van der Waals surface area (Å²) in [6.45, 7) is 4.08. The average molecular weight is 510 g/mol. The first-order valence-corrected chi connectivity index (χ1v) is 11.7. The summed E-state index contributed by atoms with van der Waals surface area (Å²) < 4.78 is 10.1. The minimum Gasteiger partial charge on any atom is -1.00 e. The standard InChI is InChI=1S/C27H31N3O2.BrH/c1-20-29(15-14-25-19-32-25)16-17-30(20)24-13-12-23(18-24)27(26(28)31,21-8-4-2-5-9-21)22-10-6-3-7-11-22;/h2-11,16-17,23-25H,12-15,18-19H2,1H3,(H-,28,31);1H/t23-,24+,25-;/m0./s1. The highest BCUT2D eigenvalue weighted by molar-refractivity contribution is 5.91. The molecule has 1 aromatic heterocycles. The molecule has 0 radical (unpaired) electrons. The number of carbonyl (C=O) groups is 1. The van der Waals surface area contributed by atoms with Gasteiger partial charge in [0.2, 0.25) is 5.91 Å². The van der Waals surface area contributed by atoms with Crippen LogP contribution in [-0.4, -0.2) is 23.2 Å². The van der Waals surface area contributed by atoms with E-state index >= 15 is 0 Å². The largest absolute Gasteiger partial charge is 1.00 e. The van der Waals surface area contributed by atoms with Gasteiger partial charge in [0.1, 0.15) is 23.9 Å². The Balaban J connectivity index is 0.00000259. The Hall–Kier alpha value is -2.44. The molecular weight excluding hydrogens is 478 g/mol. The minimum atomic E-state index is -0.822. The fourth-order valence-electron chi connectivity index (χ4n) is 5.79. The number of aryl methyl sites for hydroxylation is 1. The zero-order valence-electron chi connectivity index (χ0n) is 19.1. The van der Waals surface area contributed by atoms with Crippen LogP contribution in [0.4, 0.5) is 0 Å². The van der Waals surface area contributed by atoms with Gasteiger partial charge >= 0.3 is 0 Å². The quantitative estimate of drug-likeness (QED) is 0.358. The fourth-order valence-corrected chi connectivity index (χ4v) is 5.79. The van der Waals surface area contributed by atoms with E-state index in [-0.39, 0.29) is 28.8 Å². The monoisotopic (exact) mass is 509 g/mol. The number of hydrogen-bond acceptors (Lipinski definition) is 2. The summed E-state index contributed by atoms with van der Waals surface area (Å²) in [6, 6.07) is 20.6. The summed E-state index contributed by atoms with van der Waals surface area (Å²) in [5.41, 5.74) is 7.41. The van der Waals surface area contributed by atoms with E-state index < -0.39 is 5.41 Å². The molecule has 1 aliphatic carbocycles. The van der Waals surface area contributed by atoms with E-state index in [0.29, 0.717) is 12.1 Å². The van der Waals surface area contributed by atoms with Gasteiger partial charge in [0, 0.05) is 13.3 Å². The number of primary amides is 1. The maximum absolute atomic E-state index is 13.3. The highest BCUT2D eigenvalue weighted by atomic mass is 79.9. The summed E-state index contributed by atoms with van der Waals surface area (Å²) in [5.74, 6) is 1.15. The van der Waals surface area contributed by atoms with Crippen LogP contribution < -0.4 is 27.3 Å². The molecule has 33 heavy (non-hydrogen) atoms. The predicted octanol–water partition coefficient (Wildman–Crippen LogP) is 0.690. The molecule has 2 heterocycles. The Kier molecular flexibility index (Phi) is 7.05. The smallest absolute Gasteiger partial charge is 0.253 e. The van der Waals surface area contributed by atoms with Gasteiger partial charge in [-0.25, -0.2) is 9.13 Å². The van der Waals surface area contributed by atoms with Crippen LogP contribution in [0.5, 0.6) is 0 Å². The molecule has 1 aliphatic heterocycles. The number of nitrogens with zero attached hydrogens (tertiary/aromatic N) is 2. The number of ether oxygens (including phenoxy) is 1. The SMILES string of the molecule is Cc1n([C@@H]2CC[C@H](C(C(N)=O)(c3ccccc3)c3ccccc3)C2)cc[n+]1CC[C@H]1CO1.[Br-]. The van der Waals surface area contributed by atoms with E-state index in [1.165, 1.54) is 5.82 Å². The third-order valence-electron chi connectivity index (χ3n) is 7.55. The lowest BCUT2D eigenvalue weighted by atomic mass is 9.64. The van der Waals surface area contributed by atoms with Crippen molar-refractivity contribution in [2.75, 3.05) is 6.61 Å². The van der Waals surface area contributed by atoms with Gasteiger partial charge in [0.15, 0.2) is 0 Å². The van der Waals surface area contributed by atoms with Crippen LogP contribution in [0.3, 0.4) is 0 Å². The van der Waals surface area contributed by atoms with E-state index in [4.69, 9.17) is 10.5 Å². The molecule has 6 heteroatoms. The fraction of sp³-hybridized carbons (Fsp3) is 0.407. The van der Waals surface area contributed by atoms with E-state index in [0.717, 1.165) is 50.0 Å². The second-order valence-electron chi connectivity index (χ2n) is 9.26. The number of aromatic nitrogens is 2. The van der Waals surface area contributed by atoms with Gasteiger partial charge in [-0.1, -0.05) is 60.7 Å². The van der Waals surface area contributed by atoms with E-state index in [1.54, 1.807) is 0 Å². The first-order chi connectivity index (χ1) is 15.6. The molecule has 2 aromatic carbocycles. The summed E-state index contributed by atoms with van der Waals surface area (Å²) in [5, 5.41) is 0. The number of benzene rings is 2. The average Bonchev–Trinajstić information content (AvgIpc) is 3.40. The molecule has 3 aromatic rings. The molecule has 3 atom stereocenters. The Morgan fingerprint density at radius 3 is 2.24 bits per heavy atom. The zero-order chi connectivity index (χ0) is 22.1. The summed E-state index contributed by atoms with van der Waals surface area (Å²) in [6.07, 6.45) is 8.82. The number of epoxide rings is 1. The number of carbonyl (C=O) groups excluding carboxylic acids is 1. The predicted molar refractivity (Wildman–Crippen MR) is 123 cm³/mol. The van der Waals surface area contributed by atoms with Gasteiger partial charge in [-0.3, -0.25) is 4.79 Å². The van der Waals surface area contributed by atoms with E-state index in [2.05, 4.69) is 52.7 Å². The van der Waals surface area contributed by atoms with Crippen molar-refractivity contribution in [1.29, 1.82) is 0 Å². The number of imidazole rings is 1. The van der Waals surface area contributed by atoms with Crippen LogP contribution >= 0.6 is 0 Å². The molecule has 0 bridgehead atoms. The summed E-state index contributed by atoms with van der Waals surface area (Å²) in [7, 11) is 0. The Morgan fingerprint density at radius 1 is 1.09 bits per heavy atom. The van der Waals surface area contributed by atoms with Crippen LogP contribution in [0.2, 0.25) is 0 Å². The third-order valence-corrected chi connectivity index (χ3v) is 7.55. The highest BCUT2D eigenvalue weighted by Crippen LogP contribution is 2.49. The normalized spacial score (nSPS) is 22.0. The topological polar surface area (TPSA) is 64.4 Å².